The number of hydrogen-bond donors (Lipinski definition) is 1. The summed E-state index contributed by atoms with van der Waals surface area (Å²) in [4.78, 5) is 10.8. The van der Waals surface area contributed by atoms with Crippen LogP contribution in [-0.2, 0) is 11.2 Å². The predicted octanol–water partition coefficient (Wildman–Crippen LogP) is 3.26. The van der Waals surface area contributed by atoms with Crippen LogP contribution in [0.2, 0.25) is 0 Å². The number of aliphatic carboxylic acids is 1. The molecule has 0 saturated heterocycles. The van der Waals surface area contributed by atoms with E-state index in [1.165, 1.54) is 19.3 Å². The van der Waals surface area contributed by atoms with Gasteiger partial charge >= 0.3 is 5.97 Å². The van der Waals surface area contributed by atoms with Crippen molar-refractivity contribution in [2.75, 3.05) is 6.61 Å². The van der Waals surface area contributed by atoms with Gasteiger partial charge in [0, 0.05) is 10.0 Å². The molecule has 1 aromatic carbocycles. The molecule has 0 unspecified atom stereocenters. The molecule has 2 rings (SSSR count). The van der Waals surface area contributed by atoms with Crippen molar-refractivity contribution >= 4 is 21.9 Å². The molecular weight excluding hydrogens is 284 g/mol. The van der Waals surface area contributed by atoms with Gasteiger partial charge in [0.05, 0.1) is 13.0 Å². The first-order valence-corrected chi connectivity index (χ1v) is 6.57. The van der Waals surface area contributed by atoms with Crippen LogP contribution < -0.4 is 4.74 Å². The van der Waals surface area contributed by atoms with Crippen molar-refractivity contribution < 1.29 is 14.6 Å². The zero-order valence-corrected chi connectivity index (χ0v) is 11.1. The first-order chi connectivity index (χ1) is 8.15. The first-order valence-electron chi connectivity index (χ1n) is 5.78. The molecule has 1 N–H and O–H groups in total. The Bertz CT molecular complexity index is 413. The summed E-state index contributed by atoms with van der Waals surface area (Å²) in [6.45, 7) is 0.703. The molecule has 0 radical (unpaired) electrons. The van der Waals surface area contributed by atoms with E-state index in [0.717, 1.165) is 10.0 Å². The van der Waals surface area contributed by atoms with Gasteiger partial charge in [0.15, 0.2) is 0 Å². The van der Waals surface area contributed by atoms with Gasteiger partial charge in [0.25, 0.3) is 0 Å². The molecule has 3 nitrogen and oxygen atoms in total. The quantitative estimate of drug-likeness (QED) is 0.907. The maximum absolute atomic E-state index is 10.8. The topological polar surface area (TPSA) is 46.5 Å². The lowest BCUT2D eigenvalue weighted by molar-refractivity contribution is -0.136. The minimum Gasteiger partial charge on any atom is -0.493 e. The molecule has 0 spiro atoms. The van der Waals surface area contributed by atoms with Gasteiger partial charge in [0.1, 0.15) is 5.75 Å². The van der Waals surface area contributed by atoms with Gasteiger partial charge in [0.2, 0.25) is 0 Å². The summed E-state index contributed by atoms with van der Waals surface area (Å²) in [5, 5.41) is 8.85. The summed E-state index contributed by atoms with van der Waals surface area (Å²) in [6, 6.07) is 5.52. The van der Waals surface area contributed by atoms with Crippen LogP contribution in [-0.4, -0.2) is 17.7 Å². The number of benzene rings is 1. The highest BCUT2D eigenvalue weighted by Gasteiger charge is 2.18. The fourth-order valence-electron chi connectivity index (χ4n) is 1.86. The maximum atomic E-state index is 10.8. The van der Waals surface area contributed by atoms with Crippen molar-refractivity contribution in [3.05, 3.63) is 28.2 Å². The van der Waals surface area contributed by atoms with Gasteiger partial charge in [-0.2, -0.15) is 0 Å². The molecule has 17 heavy (non-hydrogen) atoms. The van der Waals surface area contributed by atoms with Crippen LogP contribution in [0.3, 0.4) is 0 Å². The van der Waals surface area contributed by atoms with Crippen LogP contribution in [0, 0.1) is 5.92 Å². The van der Waals surface area contributed by atoms with E-state index in [-0.39, 0.29) is 6.42 Å². The fraction of sp³-hybridized carbons (Fsp3) is 0.462. The third-order valence-electron chi connectivity index (χ3n) is 3.06. The number of halogens is 1. The zero-order valence-electron chi connectivity index (χ0n) is 9.49. The van der Waals surface area contributed by atoms with Gasteiger partial charge in [-0.05, 0) is 37.0 Å². The molecule has 1 fully saturated rings. The lowest BCUT2D eigenvalue weighted by Crippen LogP contribution is -2.19. The van der Waals surface area contributed by atoms with Crippen LogP contribution in [0.15, 0.2) is 22.7 Å². The first kappa shape index (κ1) is 12.4. The third kappa shape index (κ3) is 3.46. The zero-order chi connectivity index (χ0) is 12.3. The Morgan fingerprint density at radius 2 is 2.24 bits per heavy atom. The average molecular weight is 299 g/mol. The molecule has 0 bridgehead atoms. The minimum absolute atomic E-state index is 0.000556. The smallest absolute Gasteiger partial charge is 0.307 e. The third-order valence-corrected chi connectivity index (χ3v) is 3.56. The van der Waals surface area contributed by atoms with E-state index in [1.807, 2.05) is 18.2 Å². The van der Waals surface area contributed by atoms with Gasteiger partial charge < -0.3 is 9.84 Å². The maximum Gasteiger partial charge on any atom is 0.307 e. The molecule has 92 valence electrons. The number of ether oxygens (including phenoxy) is 1. The highest BCUT2D eigenvalue weighted by molar-refractivity contribution is 9.10. The summed E-state index contributed by atoms with van der Waals surface area (Å²) < 4.78 is 6.59. The van der Waals surface area contributed by atoms with Crippen molar-refractivity contribution in [3.63, 3.8) is 0 Å². The summed E-state index contributed by atoms with van der Waals surface area (Å²) in [5.41, 5.74) is 0.728. The van der Waals surface area contributed by atoms with Crippen LogP contribution >= 0.6 is 15.9 Å². The summed E-state index contributed by atoms with van der Waals surface area (Å²) in [7, 11) is 0. The standard InChI is InChI=1S/C13H15BrO3/c14-11-4-5-12(10(6-11)7-13(15)16)17-8-9-2-1-3-9/h4-6,9H,1-3,7-8H2,(H,15,16). The Hall–Kier alpha value is -1.03. The van der Waals surface area contributed by atoms with E-state index < -0.39 is 5.97 Å². The lowest BCUT2D eigenvalue weighted by Gasteiger charge is -2.25. The number of hydrogen-bond acceptors (Lipinski definition) is 2. The van der Waals surface area contributed by atoms with Crippen molar-refractivity contribution in [1.29, 1.82) is 0 Å². The van der Waals surface area contributed by atoms with Crippen LogP contribution in [0.25, 0.3) is 0 Å². The second-order valence-electron chi connectivity index (χ2n) is 4.43. The fourth-order valence-corrected chi connectivity index (χ4v) is 2.27. The monoisotopic (exact) mass is 298 g/mol. The molecular formula is C13H15BrO3. The number of carboxylic acids is 1. The van der Waals surface area contributed by atoms with Gasteiger partial charge in [-0.15, -0.1) is 0 Å². The van der Waals surface area contributed by atoms with Gasteiger partial charge in [-0.1, -0.05) is 22.4 Å². The highest BCUT2D eigenvalue weighted by atomic mass is 79.9. The largest absolute Gasteiger partial charge is 0.493 e. The SMILES string of the molecule is O=C(O)Cc1cc(Br)ccc1OCC1CCC1. The average Bonchev–Trinajstić information content (AvgIpc) is 2.17. The summed E-state index contributed by atoms with van der Waals surface area (Å²) in [5.74, 6) is 0.510. The van der Waals surface area contributed by atoms with E-state index in [0.29, 0.717) is 18.3 Å². The van der Waals surface area contributed by atoms with Gasteiger partial charge in [-0.3, -0.25) is 4.79 Å². The van der Waals surface area contributed by atoms with E-state index in [4.69, 9.17) is 9.84 Å². The van der Waals surface area contributed by atoms with Crippen LogP contribution in [0.1, 0.15) is 24.8 Å². The second-order valence-corrected chi connectivity index (χ2v) is 5.35. The van der Waals surface area contributed by atoms with Crippen LogP contribution in [0.5, 0.6) is 5.75 Å². The molecule has 1 aromatic rings. The number of carbonyl (C=O) groups is 1. The minimum atomic E-state index is -0.836. The highest BCUT2D eigenvalue weighted by Crippen LogP contribution is 2.29. The molecule has 0 atom stereocenters. The van der Waals surface area contributed by atoms with Crippen molar-refractivity contribution in [1.82, 2.24) is 0 Å². The Balaban J connectivity index is 2.04. The molecule has 0 amide bonds. The normalized spacial score (nSPS) is 15.4. The molecule has 0 aliphatic heterocycles. The van der Waals surface area contributed by atoms with Crippen LogP contribution in [0.4, 0.5) is 0 Å². The van der Waals surface area contributed by atoms with Gasteiger partial charge in [-0.25, -0.2) is 0 Å². The second kappa shape index (κ2) is 5.54. The number of carboxylic acid groups (broad SMARTS) is 1. The molecule has 1 aliphatic rings. The molecule has 1 aliphatic carbocycles. The van der Waals surface area contributed by atoms with E-state index in [1.54, 1.807) is 0 Å². The van der Waals surface area contributed by atoms with Crippen molar-refractivity contribution in [2.24, 2.45) is 5.92 Å². The lowest BCUT2D eigenvalue weighted by atomic mass is 9.86. The Morgan fingerprint density at radius 3 is 2.82 bits per heavy atom. The molecule has 0 aromatic heterocycles. The summed E-state index contributed by atoms with van der Waals surface area (Å²) >= 11 is 3.34. The van der Waals surface area contributed by atoms with E-state index in [2.05, 4.69) is 15.9 Å². The van der Waals surface area contributed by atoms with Crippen molar-refractivity contribution in [3.8, 4) is 5.75 Å². The predicted molar refractivity (Wildman–Crippen MR) is 68.3 cm³/mol. The molecule has 0 heterocycles. The number of rotatable bonds is 5. The molecule has 4 heteroatoms. The Kier molecular flexibility index (Phi) is 4.05. The van der Waals surface area contributed by atoms with E-state index >= 15 is 0 Å². The molecule has 1 saturated carbocycles. The van der Waals surface area contributed by atoms with E-state index in [9.17, 15) is 4.79 Å². The van der Waals surface area contributed by atoms with Crippen molar-refractivity contribution in [2.45, 2.75) is 25.7 Å². The Morgan fingerprint density at radius 1 is 1.47 bits per heavy atom. The Labute approximate surface area is 109 Å². The summed E-state index contributed by atoms with van der Waals surface area (Å²) in [6.07, 6.45) is 3.74.